The summed E-state index contributed by atoms with van der Waals surface area (Å²) in [7, 11) is 3.75. The van der Waals surface area contributed by atoms with E-state index < -0.39 is 29.2 Å². The molecule has 28 heavy (non-hydrogen) atoms. The van der Waals surface area contributed by atoms with E-state index in [2.05, 4.69) is 9.97 Å². The average molecular weight is 386 g/mol. The third-order valence-corrected chi connectivity index (χ3v) is 5.24. The van der Waals surface area contributed by atoms with E-state index in [0.29, 0.717) is 28.8 Å². The standard InChI is InChI=1S/C20H22N2O6/c1-26-17(23)12-8-9-20(18(24)27-2,19(25)28-3)11-16-15(10-12)21-13-6-4-5-7-14(13)22-16/h4-7,12H,8-11H2,1-3H3. The Morgan fingerprint density at radius 3 is 2.04 bits per heavy atom. The van der Waals surface area contributed by atoms with Crippen molar-refractivity contribution in [3.05, 3.63) is 35.7 Å². The van der Waals surface area contributed by atoms with Crippen LogP contribution in [0.25, 0.3) is 11.0 Å². The lowest BCUT2D eigenvalue weighted by molar-refractivity contribution is -0.171. The topological polar surface area (TPSA) is 105 Å². The first-order chi connectivity index (χ1) is 13.4. The van der Waals surface area contributed by atoms with Gasteiger partial charge in [0.05, 0.1) is 49.7 Å². The maximum atomic E-state index is 12.7. The molecule has 1 atom stereocenters. The molecular formula is C20H22N2O6. The largest absolute Gasteiger partial charge is 0.469 e. The van der Waals surface area contributed by atoms with Gasteiger partial charge >= 0.3 is 17.9 Å². The lowest BCUT2D eigenvalue weighted by Crippen LogP contribution is -2.45. The molecule has 0 aliphatic heterocycles. The van der Waals surface area contributed by atoms with Crippen molar-refractivity contribution in [2.45, 2.75) is 25.7 Å². The fourth-order valence-electron chi connectivity index (χ4n) is 3.70. The Balaban J connectivity index is 2.20. The minimum atomic E-state index is -1.60. The second-order valence-electron chi connectivity index (χ2n) is 6.81. The molecule has 8 nitrogen and oxygen atoms in total. The van der Waals surface area contributed by atoms with Crippen molar-refractivity contribution in [3.63, 3.8) is 0 Å². The van der Waals surface area contributed by atoms with Crippen LogP contribution in [0.4, 0.5) is 0 Å². The summed E-state index contributed by atoms with van der Waals surface area (Å²) in [6, 6.07) is 7.30. The smallest absolute Gasteiger partial charge is 0.323 e. The fraction of sp³-hybridized carbons (Fsp3) is 0.450. The van der Waals surface area contributed by atoms with Crippen molar-refractivity contribution in [2.24, 2.45) is 11.3 Å². The van der Waals surface area contributed by atoms with Gasteiger partial charge in [0, 0.05) is 12.8 Å². The highest BCUT2D eigenvalue weighted by molar-refractivity contribution is 6.00. The molecule has 0 amide bonds. The molecule has 1 aliphatic rings. The van der Waals surface area contributed by atoms with Gasteiger partial charge in [-0.05, 0) is 25.0 Å². The number of hydrogen-bond donors (Lipinski definition) is 0. The first kappa shape index (κ1) is 19.7. The van der Waals surface area contributed by atoms with Crippen molar-refractivity contribution >= 4 is 28.9 Å². The molecular weight excluding hydrogens is 364 g/mol. The molecule has 0 fully saturated rings. The van der Waals surface area contributed by atoms with Crippen molar-refractivity contribution < 1.29 is 28.6 Å². The maximum absolute atomic E-state index is 12.7. The average Bonchev–Trinajstić information content (AvgIpc) is 2.72. The maximum Gasteiger partial charge on any atom is 0.323 e. The first-order valence-electron chi connectivity index (χ1n) is 8.94. The Morgan fingerprint density at radius 1 is 0.929 bits per heavy atom. The van der Waals surface area contributed by atoms with E-state index in [1.54, 1.807) is 6.07 Å². The molecule has 0 saturated carbocycles. The zero-order valence-electron chi connectivity index (χ0n) is 16.1. The number of ether oxygens (including phenoxy) is 3. The molecule has 148 valence electrons. The van der Waals surface area contributed by atoms with Crippen LogP contribution in [-0.2, 0) is 41.4 Å². The summed E-state index contributed by atoms with van der Waals surface area (Å²) < 4.78 is 14.8. The number of aromatic nitrogens is 2. The molecule has 1 aromatic carbocycles. The summed E-state index contributed by atoms with van der Waals surface area (Å²) in [5, 5.41) is 0. The van der Waals surface area contributed by atoms with Gasteiger partial charge in [0.15, 0.2) is 5.41 Å². The Bertz CT molecular complexity index is 910. The Hall–Kier alpha value is -3.03. The molecule has 1 aromatic heterocycles. The summed E-state index contributed by atoms with van der Waals surface area (Å²) in [6.07, 6.45) is 0.649. The van der Waals surface area contributed by atoms with Crippen molar-refractivity contribution in [1.29, 1.82) is 0 Å². The summed E-state index contributed by atoms with van der Waals surface area (Å²) in [6.45, 7) is 0. The molecule has 0 bridgehead atoms. The monoisotopic (exact) mass is 386 g/mol. The van der Waals surface area contributed by atoms with Gasteiger partial charge in [0.25, 0.3) is 0 Å². The normalized spacial score (nSPS) is 18.3. The van der Waals surface area contributed by atoms with Crippen LogP contribution in [0.15, 0.2) is 24.3 Å². The van der Waals surface area contributed by atoms with E-state index in [0.717, 1.165) is 0 Å². The van der Waals surface area contributed by atoms with Crippen molar-refractivity contribution in [3.8, 4) is 0 Å². The van der Waals surface area contributed by atoms with Crippen LogP contribution in [0.2, 0.25) is 0 Å². The van der Waals surface area contributed by atoms with E-state index in [1.165, 1.54) is 21.3 Å². The van der Waals surface area contributed by atoms with Gasteiger partial charge in [-0.25, -0.2) is 9.97 Å². The molecule has 1 aliphatic carbocycles. The van der Waals surface area contributed by atoms with Gasteiger partial charge in [0.2, 0.25) is 0 Å². The second kappa shape index (κ2) is 7.92. The minimum absolute atomic E-state index is 0.00654. The predicted molar refractivity (Wildman–Crippen MR) is 98.2 cm³/mol. The number of fused-ring (bicyclic) bond motifs is 2. The highest BCUT2D eigenvalue weighted by Crippen LogP contribution is 2.37. The Kier molecular flexibility index (Phi) is 5.58. The molecule has 8 heteroatoms. The molecule has 0 radical (unpaired) electrons. The van der Waals surface area contributed by atoms with Gasteiger partial charge in [0.1, 0.15) is 0 Å². The molecule has 0 spiro atoms. The SMILES string of the molecule is COC(=O)C1CCC(C(=O)OC)(C(=O)OC)Cc2nc3ccccc3nc2C1. The number of benzene rings is 1. The van der Waals surface area contributed by atoms with Crippen LogP contribution in [0.3, 0.4) is 0 Å². The zero-order chi connectivity index (χ0) is 20.3. The third-order valence-electron chi connectivity index (χ3n) is 5.24. The summed E-state index contributed by atoms with van der Waals surface area (Å²) in [5.74, 6) is -2.42. The number of nitrogens with zero attached hydrogens (tertiary/aromatic N) is 2. The third kappa shape index (κ3) is 3.42. The molecule has 2 aromatic rings. The number of rotatable bonds is 3. The summed E-state index contributed by atoms with van der Waals surface area (Å²) in [4.78, 5) is 46.9. The van der Waals surface area contributed by atoms with Gasteiger partial charge in [-0.3, -0.25) is 14.4 Å². The molecule has 3 rings (SSSR count). The fourth-order valence-corrected chi connectivity index (χ4v) is 3.70. The number of para-hydroxylation sites is 2. The van der Waals surface area contributed by atoms with Crippen LogP contribution < -0.4 is 0 Å². The highest BCUT2D eigenvalue weighted by Gasteiger charge is 2.50. The summed E-state index contributed by atoms with van der Waals surface area (Å²) >= 11 is 0. The van der Waals surface area contributed by atoms with Crippen LogP contribution in [0, 0.1) is 11.3 Å². The van der Waals surface area contributed by atoms with E-state index >= 15 is 0 Å². The second-order valence-corrected chi connectivity index (χ2v) is 6.81. The quantitative estimate of drug-likeness (QED) is 0.445. The Morgan fingerprint density at radius 2 is 1.50 bits per heavy atom. The number of esters is 3. The van der Waals surface area contributed by atoms with E-state index in [4.69, 9.17) is 14.2 Å². The number of hydrogen-bond acceptors (Lipinski definition) is 8. The van der Waals surface area contributed by atoms with E-state index in [1.807, 2.05) is 18.2 Å². The van der Waals surface area contributed by atoms with Crippen LogP contribution in [0.1, 0.15) is 24.2 Å². The first-order valence-corrected chi connectivity index (χ1v) is 8.94. The summed E-state index contributed by atoms with van der Waals surface area (Å²) in [5.41, 5.74) is 0.753. The molecule has 0 saturated heterocycles. The van der Waals surface area contributed by atoms with Crippen molar-refractivity contribution in [1.82, 2.24) is 9.97 Å². The minimum Gasteiger partial charge on any atom is -0.469 e. The molecule has 1 heterocycles. The van der Waals surface area contributed by atoms with Crippen LogP contribution in [-0.4, -0.2) is 49.2 Å². The zero-order valence-corrected chi connectivity index (χ0v) is 16.1. The molecule has 0 N–H and O–H groups in total. The Labute approximate surface area is 162 Å². The number of methoxy groups -OCH3 is 3. The lowest BCUT2D eigenvalue weighted by atomic mass is 9.74. The predicted octanol–water partition coefficient (Wildman–Crippen LogP) is 1.63. The van der Waals surface area contributed by atoms with Gasteiger partial charge < -0.3 is 14.2 Å². The molecule has 1 unspecified atom stereocenters. The van der Waals surface area contributed by atoms with Gasteiger partial charge in [-0.1, -0.05) is 12.1 Å². The van der Waals surface area contributed by atoms with Gasteiger partial charge in [-0.15, -0.1) is 0 Å². The van der Waals surface area contributed by atoms with Crippen LogP contribution >= 0.6 is 0 Å². The van der Waals surface area contributed by atoms with Gasteiger partial charge in [-0.2, -0.15) is 0 Å². The van der Waals surface area contributed by atoms with E-state index in [-0.39, 0.29) is 19.3 Å². The lowest BCUT2D eigenvalue weighted by Gasteiger charge is -2.31. The number of carbonyl (C=O) groups is 3. The highest BCUT2D eigenvalue weighted by atomic mass is 16.5. The van der Waals surface area contributed by atoms with Crippen molar-refractivity contribution in [2.75, 3.05) is 21.3 Å². The van der Waals surface area contributed by atoms with E-state index in [9.17, 15) is 14.4 Å². The number of carbonyl (C=O) groups excluding carboxylic acids is 3. The van der Waals surface area contributed by atoms with Crippen LogP contribution in [0.5, 0.6) is 0 Å².